The minimum absolute atomic E-state index is 0.175. The molecule has 2 fully saturated rings. The molecule has 1 atom stereocenters. The highest BCUT2D eigenvalue weighted by atomic mass is 16.2. The van der Waals surface area contributed by atoms with E-state index in [1.807, 2.05) is 32.2 Å². The molecule has 2 aliphatic heterocycles. The first-order valence-corrected chi connectivity index (χ1v) is 7.92. The van der Waals surface area contributed by atoms with Crippen LogP contribution in [0.5, 0.6) is 0 Å². The zero-order valence-electron chi connectivity index (χ0n) is 13.0. The Morgan fingerprint density at radius 3 is 2.95 bits per heavy atom. The standard InChI is InChI=1S/C17H25N3O/c1-13-4-5-15(18-2)14(10-13)16(21)20-9-3-6-17(12-20)7-8-19-11-17/h4-5,10,18-19H,3,6-9,11-12H2,1-2H3/t17-/m0/s1. The van der Waals surface area contributed by atoms with Crippen molar-refractivity contribution < 1.29 is 4.79 Å². The van der Waals surface area contributed by atoms with Gasteiger partial charge in [-0.1, -0.05) is 11.6 Å². The Morgan fingerprint density at radius 2 is 2.24 bits per heavy atom. The summed E-state index contributed by atoms with van der Waals surface area (Å²) in [6.07, 6.45) is 3.56. The summed E-state index contributed by atoms with van der Waals surface area (Å²) in [5, 5.41) is 6.61. The first-order valence-electron chi connectivity index (χ1n) is 7.92. The van der Waals surface area contributed by atoms with Crippen molar-refractivity contribution in [1.82, 2.24) is 10.2 Å². The van der Waals surface area contributed by atoms with Gasteiger partial charge in [0.2, 0.25) is 0 Å². The third-order valence-corrected chi connectivity index (χ3v) is 4.96. The second-order valence-electron chi connectivity index (χ2n) is 6.56. The van der Waals surface area contributed by atoms with Gasteiger partial charge in [0.1, 0.15) is 0 Å². The largest absolute Gasteiger partial charge is 0.387 e. The van der Waals surface area contributed by atoms with Crippen LogP contribution in [0.25, 0.3) is 0 Å². The van der Waals surface area contributed by atoms with Gasteiger partial charge in [-0.2, -0.15) is 0 Å². The monoisotopic (exact) mass is 287 g/mol. The molecule has 1 amide bonds. The molecule has 4 nitrogen and oxygen atoms in total. The second-order valence-corrected chi connectivity index (χ2v) is 6.56. The smallest absolute Gasteiger partial charge is 0.255 e. The first-order chi connectivity index (χ1) is 10.1. The second kappa shape index (κ2) is 5.68. The van der Waals surface area contributed by atoms with Crippen LogP contribution >= 0.6 is 0 Å². The highest BCUT2D eigenvalue weighted by Crippen LogP contribution is 2.36. The van der Waals surface area contributed by atoms with Crippen molar-refractivity contribution in [2.45, 2.75) is 26.2 Å². The third kappa shape index (κ3) is 2.77. The summed E-state index contributed by atoms with van der Waals surface area (Å²) in [6.45, 7) is 5.97. The topological polar surface area (TPSA) is 44.4 Å². The highest BCUT2D eigenvalue weighted by Gasteiger charge is 2.39. The molecule has 4 heteroatoms. The Labute approximate surface area is 126 Å². The zero-order chi connectivity index (χ0) is 14.9. The summed E-state index contributed by atoms with van der Waals surface area (Å²) in [5.74, 6) is 0.175. The van der Waals surface area contributed by atoms with Crippen LogP contribution < -0.4 is 10.6 Å². The molecular formula is C17H25N3O. The summed E-state index contributed by atoms with van der Waals surface area (Å²) in [6, 6.07) is 6.04. The van der Waals surface area contributed by atoms with Gasteiger partial charge in [0.15, 0.2) is 0 Å². The van der Waals surface area contributed by atoms with Gasteiger partial charge in [-0.15, -0.1) is 0 Å². The number of piperidine rings is 1. The zero-order valence-corrected chi connectivity index (χ0v) is 13.0. The lowest BCUT2D eigenvalue weighted by molar-refractivity contribution is 0.0554. The number of likely N-dealkylation sites (tertiary alicyclic amines) is 1. The van der Waals surface area contributed by atoms with Crippen molar-refractivity contribution in [2.75, 3.05) is 38.5 Å². The summed E-state index contributed by atoms with van der Waals surface area (Å²) in [4.78, 5) is 15.0. The molecule has 0 aromatic heterocycles. The molecule has 1 aromatic carbocycles. The minimum Gasteiger partial charge on any atom is -0.387 e. The van der Waals surface area contributed by atoms with E-state index >= 15 is 0 Å². The maximum atomic E-state index is 12.9. The maximum Gasteiger partial charge on any atom is 0.255 e. The number of anilines is 1. The van der Waals surface area contributed by atoms with Gasteiger partial charge in [-0.05, 0) is 44.9 Å². The highest BCUT2D eigenvalue weighted by molar-refractivity contribution is 5.99. The molecule has 0 aliphatic carbocycles. The van der Waals surface area contributed by atoms with Crippen LogP contribution in [0.15, 0.2) is 18.2 Å². The van der Waals surface area contributed by atoms with Gasteiger partial charge in [0.05, 0.1) is 5.56 Å². The predicted octanol–water partition coefficient (Wildman–Crippen LogP) is 2.25. The van der Waals surface area contributed by atoms with E-state index in [-0.39, 0.29) is 5.91 Å². The van der Waals surface area contributed by atoms with Gasteiger partial charge >= 0.3 is 0 Å². The van der Waals surface area contributed by atoms with E-state index < -0.39 is 0 Å². The average molecular weight is 287 g/mol. The van der Waals surface area contributed by atoms with E-state index in [9.17, 15) is 4.79 Å². The number of rotatable bonds is 2. The number of amides is 1. The number of carbonyl (C=O) groups excluding carboxylic acids is 1. The van der Waals surface area contributed by atoms with E-state index in [1.54, 1.807) is 0 Å². The van der Waals surface area contributed by atoms with Crippen molar-refractivity contribution >= 4 is 11.6 Å². The Balaban J connectivity index is 1.83. The summed E-state index contributed by atoms with van der Waals surface area (Å²) in [7, 11) is 1.88. The number of nitrogens with one attached hydrogen (secondary N) is 2. The lowest BCUT2D eigenvalue weighted by Crippen LogP contribution is -2.47. The fraction of sp³-hybridized carbons (Fsp3) is 0.588. The number of aryl methyl sites for hydroxylation is 1. The Hall–Kier alpha value is -1.55. The fourth-order valence-corrected chi connectivity index (χ4v) is 3.75. The molecule has 3 rings (SSSR count). The van der Waals surface area contributed by atoms with Crippen molar-refractivity contribution in [3.63, 3.8) is 0 Å². The van der Waals surface area contributed by atoms with Crippen LogP contribution in [0.3, 0.4) is 0 Å². The van der Waals surface area contributed by atoms with E-state index in [0.29, 0.717) is 5.41 Å². The first kappa shape index (κ1) is 14.4. The van der Waals surface area contributed by atoms with Crippen molar-refractivity contribution in [1.29, 1.82) is 0 Å². The summed E-state index contributed by atoms with van der Waals surface area (Å²) < 4.78 is 0. The molecule has 2 heterocycles. The van der Waals surface area contributed by atoms with E-state index in [0.717, 1.165) is 49.4 Å². The van der Waals surface area contributed by atoms with Gasteiger partial charge in [0, 0.05) is 37.8 Å². The SMILES string of the molecule is CNc1ccc(C)cc1C(=O)N1CCC[C@@]2(CCNC2)C1. The van der Waals surface area contributed by atoms with Crippen molar-refractivity contribution in [3.8, 4) is 0 Å². The Kier molecular flexibility index (Phi) is 3.89. The molecule has 2 N–H and O–H groups in total. The van der Waals surface area contributed by atoms with Gasteiger partial charge in [-0.25, -0.2) is 0 Å². The van der Waals surface area contributed by atoms with Crippen LogP contribution in [0.4, 0.5) is 5.69 Å². The molecule has 1 spiro atoms. The molecular weight excluding hydrogens is 262 g/mol. The quantitative estimate of drug-likeness (QED) is 0.877. The van der Waals surface area contributed by atoms with Crippen LogP contribution in [0.2, 0.25) is 0 Å². The third-order valence-electron chi connectivity index (χ3n) is 4.96. The molecule has 0 unspecified atom stereocenters. The molecule has 2 saturated heterocycles. The summed E-state index contributed by atoms with van der Waals surface area (Å²) >= 11 is 0. The number of hydrogen-bond acceptors (Lipinski definition) is 3. The van der Waals surface area contributed by atoms with Crippen LogP contribution in [0, 0.1) is 12.3 Å². The van der Waals surface area contributed by atoms with Gasteiger partial charge in [-0.3, -0.25) is 4.79 Å². The molecule has 1 aromatic rings. The molecule has 114 valence electrons. The van der Waals surface area contributed by atoms with Crippen molar-refractivity contribution in [3.05, 3.63) is 29.3 Å². The average Bonchev–Trinajstić information content (AvgIpc) is 2.94. The van der Waals surface area contributed by atoms with E-state index in [1.165, 1.54) is 12.8 Å². The molecule has 0 saturated carbocycles. The number of carbonyl (C=O) groups is 1. The Morgan fingerprint density at radius 1 is 1.38 bits per heavy atom. The van der Waals surface area contributed by atoms with Crippen LogP contribution in [-0.2, 0) is 0 Å². The lowest BCUT2D eigenvalue weighted by Gasteiger charge is -2.40. The lowest BCUT2D eigenvalue weighted by atomic mass is 9.79. The van der Waals surface area contributed by atoms with Crippen LogP contribution in [0.1, 0.15) is 35.2 Å². The summed E-state index contributed by atoms with van der Waals surface area (Å²) in [5.41, 5.74) is 3.18. The molecule has 21 heavy (non-hydrogen) atoms. The number of nitrogens with zero attached hydrogens (tertiary/aromatic N) is 1. The number of hydrogen-bond donors (Lipinski definition) is 2. The molecule has 2 aliphatic rings. The van der Waals surface area contributed by atoms with E-state index in [4.69, 9.17) is 0 Å². The van der Waals surface area contributed by atoms with Crippen LogP contribution in [-0.4, -0.2) is 44.0 Å². The number of benzene rings is 1. The van der Waals surface area contributed by atoms with Crippen molar-refractivity contribution in [2.24, 2.45) is 5.41 Å². The van der Waals surface area contributed by atoms with E-state index in [2.05, 4.69) is 15.5 Å². The molecule has 0 bridgehead atoms. The minimum atomic E-state index is 0.175. The molecule has 0 radical (unpaired) electrons. The maximum absolute atomic E-state index is 12.9. The normalized spacial score (nSPS) is 25.3. The fourth-order valence-electron chi connectivity index (χ4n) is 3.75. The predicted molar refractivity (Wildman–Crippen MR) is 85.8 cm³/mol. The Bertz CT molecular complexity index is 535. The van der Waals surface area contributed by atoms with Gasteiger partial charge in [0.25, 0.3) is 5.91 Å². The van der Waals surface area contributed by atoms with Gasteiger partial charge < -0.3 is 15.5 Å².